The van der Waals surface area contributed by atoms with Gasteiger partial charge in [0.2, 0.25) is 5.91 Å². The molecule has 1 aliphatic carbocycles. The summed E-state index contributed by atoms with van der Waals surface area (Å²) in [5.74, 6) is -1.50. The number of rotatable bonds is 6. The molecule has 33 heavy (non-hydrogen) atoms. The SMILES string of the molecule is O=C(Nc1ccc2cnccc2c1)[C@@H]1C[C@H]1c1cc(F)ccc1S(=O)(=O)Nc1ccccn1. The molecule has 1 saturated carbocycles. The molecule has 9 heteroatoms. The Balaban J connectivity index is 1.37. The van der Waals surface area contributed by atoms with Gasteiger partial charge in [-0.1, -0.05) is 12.1 Å². The van der Waals surface area contributed by atoms with Crippen LogP contribution in [0.5, 0.6) is 0 Å². The van der Waals surface area contributed by atoms with Gasteiger partial charge in [0.05, 0.1) is 4.90 Å². The van der Waals surface area contributed by atoms with Crippen LogP contribution in [0, 0.1) is 11.7 Å². The standard InChI is InChI=1S/C24H19FN4O3S/c25-17-5-7-22(33(31,32)29-23-3-1-2-9-27-23)20(12-17)19-13-21(19)24(30)28-18-6-4-16-14-26-10-8-15(16)11-18/h1-12,14,19,21H,13H2,(H,27,29)(H,28,30)/t19-,21+/m0/s1. The lowest BCUT2D eigenvalue weighted by Crippen LogP contribution is -2.17. The van der Waals surface area contributed by atoms with Crippen molar-refractivity contribution in [3.05, 3.63) is 90.6 Å². The lowest BCUT2D eigenvalue weighted by atomic mass is 10.1. The molecule has 0 spiro atoms. The van der Waals surface area contributed by atoms with Crippen molar-refractivity contribution in [3.63, 3.8) is 0 Å². The number of sulfonamides is 1. The van der Waals surface area contributed by atoms with Gasteiger partial charge in [-0.3, -0.25) is 14.5 Å². The summed E-state index contributed by atoms with van der Waals surface area (Å²) in [4.78, 5) is 20.8. The topological polar surface area (TPSA) is 101 Å². The molecule has 4 aromatic rings. The minimum absolute atomic E-state index is 0.0620. The summed E-state index contributed by atoms with van der Waals surface area (Å²) in [7, 11) is -4.01. The summed E-state index contributed by atoms with van der Waals surface area (Å²) in [6, 6.07) is 15.7. The van der Waals surface area contributed by atoms with E-state index in [1.807, 2.05) is 18.2 Å². The largest absolute Gasteiger partial charge is 0.326 e. The van der Waals surface area contributed by atoms with Crippen LogP contribution in [0.1, 0.15) is 17.9 Å². The second kappa shape index (κ2) is 8.25. The number of carbonyl (C=O) groups is 1. The Bertz CT molecular complexity index is 1460. The minimum atomic E-state index is -4.01. The average Bonchev–Trinajstić information content (AvgIpc) is 3.60. The molecular formula is C24H19FN4O3S. The first kappa shape index (κ1) is 21.0. The molecule has 0 aliphatic heterocycles. The number of hydrogen-bond donors (Lipinski definition) is 2. The Labute approximate surface area is 189 Å². The number of nitrogens with zero attached hydrogens (tertiary/aromatic N) is 2. The van der Waals surface area contributed by atoms with Crippen LogP contribution in [0.2, 0.25) is 0 Å². The minimum Gasteiger partial charge on any atom is -0.326 e. The van der Waals surface area contributed by atoms with Crippen LogP contribution in [0.15, 0.2) is 84.1 Å². The fraction of sp³-hybridized carbons (Fsp3) is 0.125. The third-order valence-corrected chi connectivity index (χ3v) is 7.03. The van der Waals surface area contributed by atoms with Crippen molar-refractivity contribution in [2.24, 2.45) is 5.92 Å². The van der Waals surface area contributed by atoms with Gasteiger partial charge in [0.15, 0.2) is 0 Å². The highest BCUT2D eigenvalue weighted by molar-refractivity contribution is 7.92. The zero-order chi connectivity index (χ0) is 23.0. The maximum Gasteiger partial charge on any atom is 0.263 e. The Kier molecular flexibility index (Phi) is 5.26. The summed E-state index contributed by atoms with van der Waals surface area (Å²) in [5, 5.41) is 4.77. The van der Waals surface area contributed by atoms with E-state index in [1.165, 1.54) is 24.4 Å². The highest BCUT2D eigenvalue weighted by Crippen LogP contribution is 2.50. The first-order valence-corrected chi connectivity index (χ1v) is 11.8. The number of aromatic nitrogens is 2. The molecule has 2 heterocycles. The van der Waals surface area contributed by atoms with Crippen LogP contribution in [-0.4, -0.2) is 24.3 Å². The first-order valence-electron chi connectivity index (χ1n) is 10.3. The van der Waals surface area contributed by atoms with Crippen molar-refractivity contribution in [3.8, 4) is 0 Å². The second-order valence-corrected chi connectivity index (χ2v) is 9.53. The third-order valence-electron chi connectivity index (χ3n) is 5.60. The van der Waals surface area contributed by atoms with E-state index >= 15 is 0 Å². The lowest BCUT2D eigenvalue weighted by molar-refractivity contribution is -0.117. The number of carbonyl (C=O) groups excluding carboxylic acids is 1. The fourth-order valence-electron chi connectivity index (χ4n) is 3.89. The van der Waals surface area contributed by atoms with E-state index < -0.39 is 27.7 Å². The van der Waals surface area contributed by atoms with Gasteiger partial charge in [-0.25, -0.2) is 17.8 Å². The molecule has 0 radical (unpaired) electrons. The van der Waals surface area contributed by atoms with Crippen molar-refractivity contribution in [2.45, 2.75) is 17.2 Å². The number of amides is 1. The fourth-order valence-corrected chi connectivity index (χ4v) is 5.17. The van der Waals surface area contributed by atoms with Crippen molar-refractivity contribution < 1.29 is 17.6 Å². The zero-order valence-corrected chi connectivity index (χ0v) is 18.1. The predicted molar refractivity (Wildman–Crippen MR) is 123 cm³/mol. The van der Waals surface area contributed by atoms with Crippen LogP contribution >= 0.6 is 0 Å². The van der Waals surface area contributed by atoms with E-state index in [1.54, 1.807) is 30.6 Å². The maximum atomic E-state index is 14.0. The Morgan fingerprint density at radius 3 is 2.70 bits per heavy atom. The van der Waals surface area contributed by atoms with E-state index in [2.05, 4.69) is 20.0 Å². The lowest BCUT2D eigenvalue weighted by Gasteiger charge is -2.12. The smallest absolute Gasteiger partial charge is 0.263 e. The number of hydrogen-bond acceptors (Lipinski definition) is 5. The van der Waals surface area contributed by atoms with Crippen LogP contribution in [0.3, 0.4) is 0 Å². The zero-order valence-electron chi connectivity index (χ0n) is 17.3. The second-order valence-electron chi connectivity index (χ2n) is 7.88. The summed E-state index contributed by atoms with van der Waals surface area (Å²) in [6.07, 6.45) is 5.31. The molecular weight excluding hydrogens is 443 g/mol. The molecule has 2 atom stereocenters. The van der Waals surface area contributed by atoms with Gasteiger partial charge < -0.3 is 5.32 Å². The van der Waals surface area contributed by atoms with Crippen molar-refractivity contribution in [1.29, 1.82) is 0 Å². The molecule has 166 valence electrons. The first-order chi connectivity index (χ1) is 15.9. The number of benzene rings is 2. The summed E-state index contributed by atoms with van der Waals surface area (Å²) in [5.41, 5.74) is 0.913. The predicted octanol–water partition coefficient (Wildman–Crippen LogP) is 4.31. The molecule has 5 rings (SSSR count). The van der Waals surface area contributed by atoms with E-state index in [0.29, 0.717) is 12.1 Å². The molecule has 7 nitrogen and oxygen atoms in total. The van der Waals surface area contributed by atoms with Gasteiger partial charge >= 0.3 is 0 Å². The van der Waals surface area contributed by atoms with Gasteiger partial charge in [0.25, 0.3) is 10.0 Å². The molecule has 2 aromatic heterocycles. The monoisotopic (exact) mass is 462 g/mol. The van der Waals surface area contributed by atoms with Gasteiger partial charge in [-0.2, -0.15) is 0 Å². The number of pyridine rings is 2. The average molecular weight is 463 g/mol. The van der Waals surface area contributed by atoms with Gasteiger partial charge in [0.1, 0.15) is 11.6 Å². The Hall–Kier alpha value is -3.85. The van der Waals surface area contributed by atoms with Crippen LogP contribution in [0.25, 0.3) is 10.8 Å². The van der Waals surface area contributed by atoms with Crippen LogP contribution < -0.4 is 10.0 Å². The van der Waals surface area contributed by atoms with E-state index in [0.717, 1.165) is 16.8 Å². The van der Waals surface area contributed by atoms with Crippen LogP contribution in [-0.2, 0) is 14.8 Å². The molecule has 2 N–H and O–H groups in total. The number of anilines is 2. The van der Waals surface area contributed by atoms with E-state index in [4.69, 9.17) is 0 Å². The Morgan fingerprint density at radius 2 is 1.88 bits per heavy atom. The van der Waals surface area contributed by atoms with Crippen molar-refractivity contribution in [1.82, 2.24) is 9.97 Å². The van der Waals surface area contributed by atoms with Gasteiger partial charge in [-0.15, -0.1) is 0 Å². The molecule has 1 aliphatic rings. The maximum absolute atomic E-state index is 14.0. The number of fused-ring (bicyclic) bond motifs is 1. The quantitative estimate of drug-likeness (QED) is 0.445. The normalized spacial score (nSPS) is 17.5. The Morgan fingerprint density at radius 1 is 1.00 bits per heavy atom. The molecule has 0 unspecified atom stereocenters. The summed E-state index contributed by atoms with van der Waals surface area (Å²) in [6.45, 7) is 0. The van der Waals surface area contributed by atoms with Crippen LogP contribution in [0.4, 0.5) is 15.9 Å². The van der Waals surface area contributed by atoms with Crippen molar-refractivity contribution in [2.75, 3.05) is 10.0 Å². The molecule has 0 bridgehead atoms. The molecule has 2 aromatic carbocycles. The highest BCUT2D eigenvalue weighted by Gasteiger charge is 2.46. The van der Waals surface area contributed by atoms with Gasteiger partial charge in [-0.05, 0) is 71.8 Å². The molecule has 1 fully saturated rings. The molecule has 1 amide bonds. The number of nitrogens with one attached hydrogen (secondary N) is 2. The van der Waals surface area contributed by atoms with Gasteiger partial charge in [0, 0.05) is 35.6 Å². The van der Waals surface area contributed by atoms with Crippen molar-refractivity contribution >= 4 is 38.2 Å². The van der Waals surface area contributed by atoms with E-state index in [9.17, 15) is 17.6 Å². The summed E-state index contributed by atoms with van der Waals surface area (Å²) >= 11 is 0. The third kappa shape index (κ3) is 4.40. The highest BCUT2D eigenvalue weighted by atomic mass is 32.2. The molecule has 0 saturated heterocycles. The van der Waals surface area contributed by atoms with E-state index in [-0.39, 0.29) is 22.2 Å². The summed E-state index contributed by atoms with van der Waals surface area (Å²) < 4.78 is 42.4. The number of halogens is 1.